The molecule has 1 aromatic carbocycles. The highest BCUT2D eigenvalue weighted by atomic mass is 79.9. The van der Waals surface area contributed by atoms with Gasteiger partial charge in [-0.2, -0.15) is 0 Å². The Hall–Kier alpha value is -1.76. The van der Waals surface area contributed by atoms with Crippen LogP contribution in [0, 0.1) is 0 Å². The van der Waals surface area contributed by atoms with Crippen LogP contribution in [0.4, 0.5) is 0 Å². The van der Waals surface area contributed by atoms with Gasteiger partial charge in [0.05, 0.1) is 14.2 Å². The average Bonchev–Trinajstić information content (AvgIpc) is 2.44. The van der Waals surface area contributed by atoms with Crippen LogP contribution in [0.3, 0.4) is 0 Å². The summed E-state index contributed by atoms with van der Waals surface area (Å²) in [6.07, 6.45) is 0.297. The number of aliphatic carboxylic acids is 1. The normalized spacial score (nSPS) is 11.6. The number of halogens is 1. The lowest BCUT2D eigenvalue weighted by molar-refractivity contribution is -0.139. The predicted molar refractivity (Wildman–Crippen MR) is 76.4 cm³/mol. The molecule has 1 aromatic rings. The van der Waals surface area contributed by atoms with Crippen LogP contribution in [0.25, 0.3) is 0 Å². The van der Waals surface area contributed by atoms with Gasteiger partial charge in [0.1, 0.15) is 22.0 Å². The van der Waals surface area contributed by atoms with Gasteiger partial charge in [-0.25, -0.2) is 4.79 Å². The van der Waals surface area contributed by atoms with Crippen molar-refractivity contribution in [3.8, 4) is 11.5 Å². The number of amides is 1. The molecule has 7 heteroatoms. The summed E-state index contributed by atoms with van der Waals surface area (Å²) < 4.78 is 10.9. The van der Waals surface area contributed by atoms with Crippen molar-refractivity contribution in [2.45, 2.75) is 19.4 Å². The first-order valence-electron chi connectivity index (χ1n) is 5.89. The molecule has 0 bridgehead atoms. The molecule has 0 heterocycles. The van der Waals surface area contributed by atoms with Crippen molar-refractivity contribution in [2.75, 3.05) is 14.2 Å². The Morgan fingerprint density at radius 2 is 1.80 bits per heavy atom. The Morgan fingerprint density at radius 3 is 2.15 bits per heavy atom. The van der Waals surface area contributed by atoms with Gasteiger partial charge in [0.25, 0.3) is 5.91 Å². The summed E-state index contributed by atoms with van der Waals surface area (Å²) in [5.41, 5.74) is 0.265. The van der Waals surface area contributed by atoms with E-state index in [-0.39, 0.29) is 5.56 Å². The fraction of sp³-hybridized carbons (Fsp3) is 0.385. The Bertz CT molecular complexity index is 492. The fourth-order valence-corrected chi connectivity index (χ4v) is 2.13. The minimum absolute atomic E-state index is 0.265. The maximum atomic E-state index is 12.1. The number of rotatable bonds is 6. The highest BCUT2D eigenvalue weighted by Gasteiger charge is 2.20. The van der Waals surface area contributed by atoms with Crippen LogP contribution in [-0.4, -0.2) is 37.2 Å². The van der Waals surface area contributed by atoms with E-state index >= 15 is 0 Å². The molecule has 0 aromatic heterocycles. The van der Waals surface area contributed by atoms with E-state index in [0.717, 1.165) is 0 Å². The van der Waals surface area contributed by atoms with Crippen LogP contribution < -0.4 is 14.8 Å². The zero-order chi connectivity index (χ0) is 15.3. The number of carbonyl (C=O) groups is 2. The van der Waals surface area contributed by atoms with E-state index in [2.05, 4.69) is 21.2 Å². The highest BCUT2D eigenvalue weighted by Crippen LogP contribution is 2.35. The zero-order valence-corrected chi connectivity index (χ0v) is 13.0. The lowest BCUT2D eigenvalue weighted by atomic mass is 10.1. The van der Waals surface area contributed by atoms with Crippen molar-refractivity contribution in [2.24, 2.45) is 0 Å². The Labute approximate surface area is 125 Å². The van der Waals surface area contributed by atoms with E-state index in [4.69, 9.17) is 14.6 Å². The maximum absolute atomic E-state index is 12.1. The van der Waals surface area contributed by atoms with Gasteiger partial charge in [-0.05, 0) is 34.5 Å². The molecule has 0 aliphatic carbocycles. The molecule has 0 radical (unpaired) electrons. The molecule has 0 spiro atoms. The van der Waals surface area contributed by atoms with Crippen molar-refractivity contribution in [3.05, 3.63) is 22.2 Å². The van der Waals surface area contributed by atoms with Gasteiger partial charge in [0, 0.05) is 5.56 Å². The second-order valence-electron chi connectivity index (χ2n) is 3.97. The minimum atomic E-state index is -1.07. The molecule has 6 nitrogen and oxygen atoms in total. The maximum Gasteiger partial charge on any atom is 0.326 e. The van der Waals surface area contributed by atoms with Crippen LogP contribution in [0.15, 0.2) is 16.6 Å². The van der Waals surface area contributed by atoms with Crippen LogP contribution >= 0.6 is 15.9 Å². The topological polar surface area (TPSA) is 84.9 Å². The van der Waals surface area contributed by atoms with E-state index in [1.54, 1.807) is 6.92 Å². The molecule has 0 saturated carbocycles. The lowest BCUT2D eigenvalue weighted by Crippen LogP contribution is -2.40. The number of ether oxygens (including phenoxy) is 2. The van der Waals surface area contributed by atoms with Crippen molar-refractivity contribution >= 4 is 27.8 Å². The summed E-state index contributed by atoms with van der Waals surface area (Å²) in [5.74, 6) is -0.712. The number of carboxylic acid groups (broad SMARTS) is 1. The lowest BCUT2D eigenvalue weighted by Gasteiger charge is -2.14. The molecule has 0 aliphatic rings. The van der Waals surface area contributed by atoms with Gasteiger partial charge >= 0.3 is 5.97 Å². The second-order valence-corrected chi connectivity index (χ2v) is 4.76. The van der Waals surface area contributed by atoms with E-state index in [0.29, 0.717) is 22.4 Å². The largest absolute Gasteiger partial charge is 0.495 e. The predicted octanol–water partition coefficient (Wildman–Crippen LogP) is 2.06. The minimum Gasteiger partial charge on any atom is -0.495 e. The molecule has 1 rings (SSSR count). The number of hydrogen-bond donors (Lipinski definition) is 2. The summed E-state index contributed by atoms with van der Waals surface area (Å²) >= 11 is 3.30. The van der Waals surface area contributed by atoms with E-state index < -0.39 is 17.9 Å². The summed E-state index contributed by atoms with van der Waals surface area (Å²) in [6.45, 7) is 1.68. The molecule has 0 fully saturated rings. The van der Waals surface area contributed by atoms with Crippen LogP contribution in [-0.2, 0) is 4.79 Å². The molecule has 1 atom stereocenters. The van der Waals surface area contributed by atoms with Gasteiger partial charge in [-0.1, -0.05) is 6.92 Å². The average molecular weight is 346 g/mol. The fourth-order valence-electron chi connectivity index (χ4n) is 1.58. The monoisotopic (exact) mass is 345 g/mol. The van der Waals surface area contributed by atoms with E-state index in [1.165, 1.54) is 26.4 Å². The first-order chi connectivity index (χ1) is 9.44. The third-order valence-electron chi connectivity index (χ3n) is 2.72. The number of hydrogen-bond acceptors (Lipinski definition) is 4. The van der Waals surface area contributed by atoms with Crippen molar-refractivity contribution < 1.29 is 24.2 Å². The van der Waals surface area contributed by atoms with E-state index in [1.807, 2.05) is 0 Å². The molecule has 20 heavy (non-hydrogen) atoms. The van der Waals surface area contributed by atoms with Gasteiger partial charge < -0.3 is 19.9 Å². The molecule has 0 aliphatic heterocycles. The van der Waals surface area contributed by atoms with Crippen molar-refractivity contribution in [3.63, 3.8) is 0 Å². The van der Waals surface area contributed by atoms with Gasteiger partial charge in [-0.15, -0.1) is 0 Å². The summed E-state index contributed by atoms with van der Waals surface area (Å²) in [7, 11) is 2.93. The Kier molecular flexibility index (Phi) is 5.82. The van der Waals surface area contributed by atoms with Crippen molar-refractivity contribution in [1.82, 2.24) is 5.32 Å². The molecule has 2 N–H and O–H groups in total. The first kappa shape index (κ1) is 16.3. The second kappa shape index (κ2) is 7.14. The molecule has 0 saturated heterocycles. The molecular formula is C13H16BrNO5. The smallest absolute Gasteiger partial charge is 0.326 e. The third-order valence-corrected chi connectivity index (χ3v) is 3.50. The molecule has 1 amide bonds. The number of methoxy groups -OCH3 is 2. The summed E-state index contributed by atoms with van der Waals surface area (Å²) in [5, 5.41) is 11.4. The molecule has 110 valence electrons. The Balaban J connectivity index is 3.07. The molecule has 0 unspecified atom stereocenters. The standard InChI is InChI=1S/C13H16BrNO5/c1-4-8(13(17)18)15-12(16)7-5-9(19-2)11(14)10(6-7)20-3/h5-6,8H,4H2,1-3H3,(H,15,16)(H,17,18)/t8-/m1/s1. The number of nitrogens with one attached hydrogen (secondary N) is 1. The van der Waals surface area contributed by atoms with Crippen LogP contribution in [0.2, 0.25) is 0 Å². The van der Waals surface area contributed by atoms with Gasteiger partial charge in [0.15, 0.2) is 0 Å². The quantitative estimate of drug-likeness (QED) is 0.824. The SMILES string of the molecule is CC[C@@H](NC(=O)c1cc(OC)c(Br)c(OC)c1)C(=O)O. The highest BCUT2D eigenvalue weighted by molar-refractivity contribution is 9.10. The van der Waals surface area contributed by atoms with Gasteiger partial charge in [0.2, 0.25) is 0 Å². The van der Waals surface area contributed by atoms with Crippen LogP contribution in [0.1, 0.15) is 23.7 Å². The first-order valence-corrected chi connectivity index (χ1v) is 6.69. The van der Waals surface area contributed by atoms with Crippen LogP contribution in [0.5, 0.6) is 11.5 Å². The number of carboxylic acids is 1. The van der Waals surface area contributed by atoms with E-state index in [9.17, 15) is 9.59 Å². The van der Waals surface area contributed by atoms with Crippen molar-refractivity contribution in [1.29, 1.82) is 0 Å². The van der Waals surface area contributed by atoms with Gasteiger partial charge in [-0.3, -0.25) is 4.79 Å². The summed E-state index contributed by atoms with van der Waals surface area (Å²) in [4.78, 5) is 23.0. The number of benzene rings is 1. The zero-order valence-electron chi connectivity index (χ0n) is 11.4. The summed E-state index contributed by atoms with van der Waals surface area (Å²) in [6, 6.07) is 2.09. The molecular weight excluding hydrogens is 330 g/mol. The third kappa shape index (κ3) is 3.63. The number of carbonyl (C=O) groups excluding carboxylic acids is 1. The Morgan fingerprint density at radius 1 is 1.30 bits per heavy atom.